The average Bonchev–Trinajstić information content (AvgIpc) is 3.37. The van der Waals surface area contributed by atoms with Gasteiger partial charge in [-0.05, 0) is 66.8 Å². The zero-order chi connectivity index (χ0) is 19.8. The number of hydrogen-bond acceptors (Lipinski definition) is 5. The van der Waals surface area contributed by atoms with Gasteiger partial charge in [-0.15, -0.1) is 0 Å². The summed E-state index contributed by atoms with van der Waals surface area (Å²) in [6.45, 7) is 0.358. The van der Waals surface area contributed by atoms with Crippen molar-refractivity contribution >= 4 is 28.9 Å². The first kappa shape index (κ1) is 17.4. The van der Waals surface area contributed by atoms with Gasteiger partial charge < -0.3 is 25.7 Å². The third-order valence-electron chi connectivity index (χ3n) is 5.34. The molecule has 1 aliphatic heterocycles. The number of amides is 2. The van der Waals surface area contributed by atoms with Crippen LogP contribution in [0.5, 0.6) is 0 Å². The Bertz CT molecular complexity index is 1210. The minimum Gasteiger partial charge on any atom is -0.446 e. The number of nitrogens with one attached hydrogen (secondary N) is 2. The van der Waals surface area contributed by atoms with Crippen molar-refractivity contribution in [3.05, 3.63) is 76.7 Å². The number of nitrogens with zero attached hydrogens (tertiary/aromatic N) is 2. The molecular formula is C22H21N5O2. The fourth-order valence-electron chi connectivity index (χ4n) is 3.89. The number of nitrogens with two attached hydrogens (primary N) is 1. The first-order valence-electron chi connectivity index (χ1n) is 9.62. The molecule has 2 aliphatic rings. The number of carbonyl (C=O) groups excluding carboxylic acids is 1. The van der Waals surface area contributed by atoms with E-state index in [1.165, 1.54) is 17.5 Å². The van der Waals surface area contributed by atoms with Crippen LogP contribution in [-0.4, -0.2) is 12.7 Å². The van der Waals surface area contributed by atoms with Crippen LogP contribution in [0.3, 0.4) is 0 Å². The Morgan fingerprint density at radius 1 is 1.03 bits per heavy atom. The fraction of sp³-hybridized carbons (Fsp3) is 0.182. The van der Waals surface area contributed by atoms with Crippen LogP contribution in [0.15, 0.2) is 64.2 Å². The molecule has 0 radical (unpaired) electrons. The van der Waals surface area contributed by atoms with Gasteiger partial charge in [0.05, 0.1) is 11.5 Å². The lowest BCUT2D eigenvalue weighted by Gasteiger charge is -2.24. The number of carbonyl (C=O) groups is 1. The lowest BCUT2D eigenvalue weighted by Crippen LogP contribution is -2.42. The zero-order valence-corrected chi connectivity index (χ0v) is 15.8. The van der Waals surface area contributed by atoms with Gasteiger partial charge in [0, 0.05) is 17.1 Å². The summed E-state index contributed by atoms with van der Waals surface area (Å²) in [6, 6.07) is 15.1. The summed E-state index contributed by atoms with van der Waals surface area (Å²) in [7, 11) is 0. The predicted molar refractivity (Wildman–Crippen MR) is 112 cm³/mol. The summed E-state index contributed by atoms with van der Waals surface area (Å²) in [5, 5.41) is 6.57. The molecule has 2 amide bonds. The van der Waals surface area contributed by atoms with E-state index in [9.17, 15) is 4.79 Å². The van der Waals surface area contributed by atoms with Gasteiger partial charge in [0.1, 0.15) is 12.5 Å². The monoisotopic (exact) mass is 387 g/mol. The van der Waals surface area contributed by atoms with Crippen molar-refractivity contribution in [2.45, 2.75) is 19.3 Å². The van der Waals surface area contributed by atoms with Crippen LogP contribution in [0, 0.1) is 0 Å². The summed E-state index contributed by atoms with van der Waals surface area (Å²) >= 11 is 0. The Labute approximate surface area is 167 Å². The molecule has 7 heteroatoms. The van der Waals surface area contributed by atoms with E-state index >= 15 is 0 Å². The maximum absolute atomic E-state index is 12.5. The molecule has 1 aromatic heterocycles. The number of fused-ring (bicyclic) bond motifs is 2. The molecule has 3 aromatic rings. The van der Waals surface area contributed by atoms with Crippen molar-refractivity contribution in [2.24, 2.45) is 10.7 Å². The van der Waals surface area contributed by atoms with Crippen LogP contribution in [0.1, 0.15) is 17.5 Å². The third-order valence-corrected chi connectivity index (χ3v) is 5.34. The average molecular weight is 387 g/mol. The zero-order valence-electron chi connectivity index (χ0n) is 15.8. The van der Waals surface area contributed by atoms with Gasteiger partial charge in [0.25, 0.3) is 0 Å². The van der Waals surface area contributed by atoms with Crippen LogP contribution in [0.25, 0.3) is 5.82 Å². The second kappa shape index (κ2) is 7.01. The van der Waals surface area contributed by atoms with Gasteiger partial charge in [0.15, 0.2) is 0 Å². The minimum atomic E-state index is -0.280. The van der Waals surface area contributed by atoms with Crippen LogP contribution >= 0.6 is 0 Å². The van der Waals surface area contributed by atoms with Gasteiger partial charge in [-0.3, -0.25) is 0 Å². The molecule has 2 heterocycles. The van der Waals surface area contributed by atoms with E-state index in [2.05, 4.69) is 27.8 Å². The molecule has 2 aromatic carbocycles. The highest BCUT2D eigenvalue weighted by Gasteiger charge is 2.16. The standard InChI is InChI=1S/C22H21N5O2/c23-20-19-9-10-29-21(19)24-13-27(20)18-6-2-5-16(12-18)25-22(28)26-17-8-7-14-3-1-4-15(14)11-17/h2,5-12H,1,3-4,13,23H2,(H2,25,26,28). The molecular weight excluding hydrogens is 366 g/mol. The minimum absolute atomic E-state index is 0.280. The molecule has 0 fully saturated rings. The van der Waals surface area contributed by atoms with Crippen molar-refractivity contribution in [2.75, 3.05) is 22.2 Å². The Morgan fingerprint density at radius 2 is 1.86 bits per heavy atom. The number of hydrogen-bond donors (Lipinski definition) is 3. The largest absolute Gasteiger partial charge is 0.446 e. The quantitative estimate of drug-likeness (QED) is 0.643. The molecule has 0 saturated heterocycles. The molecule has 0 unspecified atom stereocenters. The first-order valence-corrected chi connectivity index (χ1v) is 9.62. The van der Waals surface area contributed by atoms with Crippen LogP contribution in [0.4, 0.5) is 21.9 Å². The topological polar surface area (TPSA) is 95.9 Å². The molecule has 0 atom stereocenters. The van der Waals surface area contributed by atoms with E-state index in [0.29, 0.717) is 23.7 Å². The molecule has 7 nitrogen and oxygen atoms in total. The smallest absolute Gasteiger partial charge is 0.323 e. The fourth-order valence-corrected chi connectivity index (χ4v) is 3.89. The molecule has 0 spiro atoms. The highest BCUT2D eigenvalue weighted by Crippen LogP contribution is 2.25. The SMILES string of the molecule is NC1=c2ccoc2=NCN1c1cccc(NC(=O)Nc2ccc3c(c2)CCC3)c1. The van der Waals surface area contributed by atoms with E-state index in [4.69, 9.17) is 10.2 Å². The molecule has 146 valence electrons. The number of aryl methyl sites for hydroxylation is 2. The van der Waals surface area contributed by atoms with E-state index in [0.717, 1.165) is 29.4 Å². The number of urea groups is 1. The van der Waals surface area contributed by atoms with Crippen molar-refractivity contribution in [1.29, 1.82) is 0 Å². The van der Waals surface area contributed by atoms with Crippen molar-refractivity contribution in [3.63, 3.8) is 0 Å². The number of benzene rings is 2. The Balaban J connectivity index is 1.32. The third kappa shape index (κ3) is 3.31. The lowest BCUT2D eigenvalue weighted by atomic mass is 10.1. The molecule has 0 saturated carbocycles. The summed E-state index contributed by atoms with van der Waals surface area (Å²) < 4.78 is 5.31. The van der Waals surface area contributed by atoms with E-state index in [1.807, 2.05) is 35.2 Å². The number of furan rings is 1. The summed E-state index contributed by atoms with van der Waals surface area (Å²) in [5.41, 5.74) is 11.9. The van der Waals surface area contributed by atoms with E-state index in [1.54, 1.807) is 12.3 Å². The van der Waals surface area contributed by atoms with Crippen LogP contribution in [-0.2, 0) is 12.8 Å². The lowest BCUT2D eigenvalue weighted by molar-refractivity contribution is 0.262. The molecule has 29 heavy (non-hydrogen) atoms. The summed E-state index contributed by atoms with van der Waals surface area (Å²) in [5.74, 6) is 0.573. The molecule has 4 N–H and O–H groups in total. The Hall–Kier alpha value is -3.74. The van der Waals surface area contributed by atoms with Gasteiger partial charge in [-0.1, -0.05) is 12.1 Å². The number of anilines is 3. The second-order valence-corrected chi connectivity index (χ2v) is 7.22. The second-order valence-electron chi connectivity index (χ2n) is 7.22. The van der Waals surface area contributed by atoms with Gasteiger partial charge in [-0.25, -0.2) is 9.79 Å². The summed E-state index contributed by atoms with van der Waals surface area (Å²) in [6.07, 6.45) is 4.95. The van der Waals surface area contributed by atoms with Gasteiger partial charge in [-0.2, -0.15) is 0 Å². The maximum atomic E-state index is 12.5. The van der Waals surface area contributed by atoms with Crippen molar-refractivity contribution < 1.29 is 9.21 Å². The molecule has 1 aliphatic carbocycles. The maximum Gasteiger partial charge on any atom is 0.323 e. The highest BCUT2D eigenvalue weighted by molar-refractivity contribution is 6.00. The Morgan fingerprint density at radius 3 is 2.76 bits per heavy atom. The van der Waals surface area contributed by atoms with Crippen molar-refractivity contribution in [3.8, 4) is 0 Å². The van der Waals surface area contributed by atoms with E-state index < -0.39 is 0 Å². The number of rotatable bonds is 3. The first-order chi connectivity index (χ1) is 14.2. The molecule has 0 bridgehead atoms. The molecule has 5 rings (SSSR count). The summed E-state index contributed by atoms with van der Waals surface area (Å²) in [4.78, 5) is 18.7. The van der Waals surface area contributed by atoms with Crippen molar-refractivity contribution in [1.82, 2.24) is 0 Å². The van der Waals surface area contributed by atoms with Crippen LogP contribution < -0.4 is 32.0 Å². The normalized spacial score (nSPS) is 14.8. The van der Waals surface area contributed by atoms with E-state index in [-0.39, 0.29) is 6.03 Å². The highest BCUT2D eigenvalue weighted by atomic mass is 16.3. The van der Waals surface area contributed by atoms with Gasteiger partial charge in [0.2, 0.25) is 5.55 Å². The Kier molecular flexibility index (Phi) is 4.20. The van der Waals surface area contributed by atoms with Crippen LogP contribution in [0.2, 0.25) is 0 Å². The predicted octanol–water partition coefficient (Wildman–Crippen LogP) is 2.53. The van der Waals surface area contributed by atoms with Gasteiger partial charge >= 0.3 is 6.03 Å².